The molecule has 1 aromatic heterocycles. The zero-order valence-corrected chi connectivity index (χ0v) is 11.2. The number of benzene rings is 1. The summed E-state index contributed by atoms with van der Waals surface area (Å²) in [5.41, 5.74) is -0.162. The van der Waals surface area contributed by atoms with Crippen LogP contribution in [-0.2, 0) is 6.18 Å². The fourth-order valence-corrected chi connectivity index (χ4v) is 1.83. The number of hydrogen-bond donors (Lipinski definition) is 1. The lowest BCUT2D eigenvalue weighted by Crippen LogP contribution is -2.14. The maximum atomic E-state index is 12.6. The van der Waals surface area contributed by atoms with Gasteiger partial charge in [0.15, 0.2) is 5.69 Å². The molecule has 1 atom stereocenters. The topological polar surface area (TPSA) is 37.8 Å². The Kier molecular flexibility index (Phi) is 4.13. The Morgan fingerprint density at radius 2 is 1.80 bits per heavy atom. The first-order valence-corrected chi connectivity index (χ1v) is 6.17. The molecule has 2 aromatic rings. The Hall–Kier alpha value is -1.82. The number of nitrogens with one attached hydrogen (secondary N) is 1. The summed E-state index contributed by atoms with van der Waals surface area (Å²) >= 11 is 5.59. The second-order valence-electron chi connectivity index (χ2n) is 4.17. The number of aromatic nitrogens is 2. The molecule has 0 fully saturated rings. The van der Waals surface area contributed by atoms with Crippen LogP contribution in [0.5, 0.6) is 0 Å². The van der Waals surface area contributed by atoms with E-state index in [4.69, 9.17) is 11.6 Å². The maximum absolute atomic E-state index is 12.6. The van der Waals surface area contributed by atoms with Gasteiger partial charge in [-0.1, -0.05) is 41.9 Å². The molecular formula is C13H11ClF3N3. The average Bonchev–Trinajstić information content (AvgIpc) is 2.38. The number of alkyl halides is 3. The van der Waals surface area contributed by atoms with Crippen LogP contribution in [0.15, 0.2) is 36.4 Å². The van der Waals surface area contributed by atoms with Crippen molar-refractivity contribution < 1.29 is 13.2 Å². The van der Waals surface area contributed by atoms with E-state index in [-0.39, 0.29) is 17.1 Å². The minimum absolute atomic E-state index is 0.152. The van der Waals surface area contributed by atoms with Crippen molar-refractivity contribution in [2.45, 2.75) is 19.1 Å². The van der Waals surface area contributed by atoms with E-state index in [1.165, 1.54) is 0 Å². The van der Waals surface area contributed by atoms with E-state index in [0.717, 1.165) is 5.56 Å². The number of anilines is 1. The fraction of sp³-hybridized carbons (Fsp3) is 0.231. The summed E-state index contributed by atoms with van der Waals surface area (Å²) in [6.07, 6.45) is -4.56. The molecule has 0 aliphatic heterocycles. The molecule has 3 nitrogen and oxygen atoms in total. The number of halogens is 4. The first kappa shape index (κ1) is 14.6. The highest BCUT2D eigenvalue weighted by Gasteiger charge is 2.33. The van der Waals surface area contributed by atoms with Gasteiger partial charge in [-0.2, -0.15) is 13.2 Å². The van der Waals surface area contributed by atoms with Gasteiger partial charge < -0.3 is 5.32 Å². The molecule has 0 bridgehead atoms. The van der Waals surface area contributed by atoms with Crippen LogP contribution < -0.4 is 5.32 Å². The monoisotopic (exact) mass is 301 g/mol. The SMILES string of the molecule is CC(Nc1nc(Cl)cc(C(F)(F)F)n1)c1ccccc1. The lowest BCUT2D eigenvalue weighted by molar-refractivity contribution is -0.141. The van der Waals surface area contributed by atoms with Crippen molar-refractivity contribution >= 4 is 17.5 Å². The highest BCUT2D eigenvalue weighted by atomic mass is 35.5. The van der Waals surface area contributed by atoms with Crippen molar-refractivity contribution in [3.05, 3.63) is 52.8 Å². The van der Waals surface area contributed by atoms with Crippen LogP contribution in [0, 0.1) is 0 Å². The lowest BCUT2D eigenvalue weighted by atomic mass is 10.1. The molecule has 0 amide bonds. The minimum Gasteiger partial charge on any atom is -0.348 e. The molecule has 0 aliphatic carbocycles. The van der Waals surface area contributed by atoms with Gasteiger partial charge in [0.25, 0.3) is 0 Å². The van der Waals surface area contributed by atoms with Gasteiger partial charge in [0, 0.05) is 6.07 Å². The third kappa shape index (κ3) is 3.60. The molecule has 0 aliphatic rings. The van der Waals surface area contributed by atoms with Crippen LogP contribution in [0.3, 0.4) is 0 Å². The highest BCUT2D eigenvalue weighted by Crippen LogP contribution is 2.30. The first-order valence-electron chi connectivity index (χ1n) is 5.79. The van der Waals surface area contributed by atoms with Crippen molar-refractivity contribution in [2.24, 2.45) is 0 Å². The molecule has 20 heavy (non-hydrogen) atoms. The van der Waals surface area contributed by atoms with Crippen molar-refractivity contribution in [1.29, 1.82) is 0 Å². The van der Waals surface area contributed by atoms with E-state index in [2.05, 4.69) is 15.3 Å². The Morgan fingerprint density at radius 1 is 1.15 bits per heavy atom. The van der Waals surface area contributed by atoms with Gasteiger partial charge in [-0.25, -0.2) is 9.97 Å². The zero-order valence-electron chi connectivity index (χ0n) is 10.4. The Bertz CT molecular complexity index is 587. The van der Waals surface area contributed by atoms with Gasteiger partial charge in [0.2, 0.25) is 5.95 Å². The van der Waals surface area contributed by atoms with Crippen LogP contribution in [-0.4, -0.2) is 9.97 Å². The summed E-state index contributed by atoms with van der Waals surface area (Å²) in [6.45, 7) is 1.80. The smallest absolute Gasteiger partial charge is 0.348 e. The standard InChI is InChI=1S/C13H11ClF3N3/c1-8(9-5-3-2-4-6-9)18-12-19-10(13(15,16)17)7-11(14)20-12/h2-8H,1H3,(H,18,19,20). The molecule has 106 valence electrons. The molecule has 0 saturated heterocycles. The van der Waals surface area contributed by atoms with Gasteiger partial charge >= 0.3 is 6.18 Å². The maximum Gasteiger partial charge on any atom is 0.433 e. The molecular weight excluding hydrogens is 291 g/mol. The van der Waals surface area contributed by atoms with Crippen molar-refractivity contribution in [3.63, 3.8) is 0 Å². The van der Waals surface area contributed by atoms with Crippen molar-refractivity contribution in [2.75, 3.05) is 5.32 Å². The third-order valence-electron chi connectivity index (χ3n) is 2.63. The van der Waals surface area contributed by atoms with Gasteiger partial charge in [-0.05, 0) is 12.5 Å². The predicted octanol–water partition coefficient (Wildman–Crippen LogP) is 4.32. The van der Waals surface area contributed by atoms with Gasteiger partial charge in [-0.3, -0.25) is 0 Å². The summed E-state index contributed by atoms with van der Waals surface area (Å²) in [7, 11) is 0. The van der Waals surface area contributed by atoms with Crippen LogP contribution in [0.4, 0.5) is 19.1 Å². The Labute approximate surface area is 118 Å². The predicted molar refractivity (Wildman–Crippen MR) is 70.5 cm³/mol. The van der Waals surface area contributed by atoms with Gasteiger partial charge in [-0.15, -0.1) is 0 Å². The molecule has 1 N–H and O–H groups in total. The van der Waals surface area contributed by atoms with Crippen molar-refractivity contribution in [1.82, 2.24) is 9.97 Å². The molecule has 1 aromatic carbocycles. The molecule has 7 heteroatoms. The van der Waals surface area contributed by atoms with E-state index in [1.54, 1.807) is 6.92 Å². The van der Waals surface area contributed by atoms with Crippen molar-refractivity contribution in [3.8, 4) is 0 Å². The average molecular weight is 302 g/mol. The highest BCUT2D eigenvalue weighted by molar-refractivity contribution is 6.29. The quantitative estimate of drug-likeness (QED) is 0.858. The fourth-order valence-electron chi connectivity index (χ4n) is 1.65. The summed E-state index contributed by atoms with van der Waals surface area (Å²) < 4.78 is 37.9. The molecule has 1 unspecified atom stereocenters. The normalized spacial score (nSPS) is 13.1. The summed E-state index contributed by atoms with van der Waals surface area (Å²) in [4.78, 5) is 7.19. The molecule has 2 rings (SSSR count). The van der Waals surface area contributed by atoms with E-state index in [9.17, 15) is 13.2 Å². The molecule has 1 heterocycles. The molecule has 0 saturated carbocycles. The Morgan fingerprint density at radius 3 is 2.40 bits per heavy atom. The van der Waals surface area contributed by atoms with Gasteiger partial charge in [0.05, 0.1) is 6.04 Å². The lowest BCUT2D eigenvalue weighted by Gasteiger charge is -2.15. The molecule has 0 spiro atoms. The van der Waals surface area contributed by atoms with Crippen LogP contribution in [0.2, 0.25) is 5.15 Å². The third-order valence-corrected chi connectivity index (χ3v) is 2.82. The minimum atomic E-state index is -4.56. The summed E-state index contributed by atoms with van der Waals surface area (Å²) in [5.74, 6) is -0.152. The van der Waals surface area contributed by atoms with Crippen LogP contribution in [0.25, 0.3) is 0 Å². The van der Waals surface area contributed by atoms with E-state index < -0.39 is 11.9 Å². The number of nitrogens with zero attached hydrogens (tertiary/aromatic N) is 2. The Balaban J connectivity index is 2.24. The van der Waals surface area contributed by atoms with Gasteiger partial charge in [0.1, 0.15) is 5.15 Å². The largest absolute Gasteiger partial charge is 0.433 e. The number of rotatable bonds is 3. The second-order valence-corrected chi connectivity index (χ2v) is 4.56. The summed E-state index contributed by atoms with van der Waals surface area (Å²) in [5, 5.41) is 2.55. The van der Waals surface area contributed by atoms with Crippen LogP contribution in [0.1, 0.15) is 24.2 Å². The zero-order chi connectivity index (χ0) is 14.8. The van der Waals surface area contributed by atoms with E-state index >= 15 is 0 Å². The summed E-state index contributed by atoms with van der Waals surface area (Å²) in [6, 6.07) is 9.70. The van der Waals surface area contributed by atoms with E-state index in [0.29, 0.717) is 6.07 Å². The number of hydrogen-bond acceptors (Lipinski definition) is 3. The first-order chi connectivity index (χ1) is 9.36. The van der Waals surface area contributed by atoms with Crippen LogP contribution >= 0.6 is 11.6 Å². The van der Waals surface area contributed by atoms with E-state index in [1.807, 2.05) is 30.3 Å². The molecule has 0 radical (unpaired) electrons. The second kappa shape index (κ2) is 5.66.